The van der Waals surface area contributed by atoms with E-state index in [1.165, 1.54) is 32.6 Å². The molecule has 8 nitrogen and oxygen atoms in total. The van der Waals surface area contributed by atoms with Gasteiger partial charge in [-0.15, -0.1) is 0 Å². The predicted molar refractivity (Wildman–Crippen MR) is 123 cm³/mol. The van der Waals surface area contributed by atoms with E-state index in [1.54, 1.807) is 36.4 Å². The second-order valence-corrected chi connectivity index (χ2v) is 7.89. The average molecular weight is 460 g/mol. The molecule has 1 aliphatic rings. The Bertz CT molecular complexity index is 1500. The van der Waals surface area contributed by atoms with Crippen LogP contribution in [-0.2, 0) is 4.79 Å². The molecule has 0 spiro atoms. The van der Waals surface area contributed by atoms with Gasteiger partial charge in [0.15, 0.2) is 11.5 Å². The molecular formula is C26H20O8. The van der Waals surface area contributed by atoms with Gasteiger partial charge < -0.3 is 28.8 Å². The number of esters is 1. The van der Waals surface area contributed by atoms with E-state index in [0.29, 0.717) is 28.2 Å². The van der Waals surface area contributed by atoms with Crippen LogP contribution in [0.5, 0.6) is 28.7 Å². The van der Waals surface area contributed by atoms with Crippen LogP contribution in [0.15, 0.2) is 64.0 Å². The van der Waals surface area contributed by atoms with Crippen LogP contribution in [0, 0.1) is 0 Å². The highest BCUT2D eigenvalue weighted by molar-refractivity contribution is 5.94. The fraction of sp³-hybridized carbons (Fsp3) is 0.154. The van der Waals surface area contributed by atoms with E-state index >= 15 is 0 Å². The van der Waals surface area contributed by atoms with Crippen molar-refractivity contribution in [3.63, 3.8) is 0 Å². The van der Waals surface area contributed by atoms with E-state index in [1.807, 2.05) is 0 Å². The van der Waals surface area contributed by atoms with Gasteiger partial charge in [-0.3, -0.25) is 9.59 Å². The highest BCUT2D eigenvalue weighted by Crippen LogP contribution is 2.46. The molecule has 1 aromatic heterocycles. The summed E-state index contributed by atoms with van der Waals surface area (Å²) in [5.74, 6) is -0.316. The Labute approximate surface area is 193 Å². The van der Waals surface area contributed by atoms with Gasteiger partial charge in [-0.05, 0) is 35.4 Å². The van der Waals surface area contributed by atoms with Gasteiger partial charge in [0, 0.05) is 17.5 Å². The summed E-state index contributed by atoms with van der Waals surface area (Å²) in [5.41, 5.74) is 1.49. The lowest BCUT2D eigenvalue weighted by Gasteiger charge is -2.26. The van der Waals surface area contributed by atoms with Crippen molar-refractivity contribution < 1.29 is 33.6 Å². The summed E-state index contributed by atoms with van der Waals surface area (Å²) in [6, 6.07) is 12.7. The summed E-state index contributed by atoms with van der Waals surface area (Å²) >= 11 is 0. The monoisotopic (exact) mass is 460 g/mol. The second-order valence-electron chi connectivity index (χ2n) is 7.89. The molecule has 1 aliphatic heterocycles. The Hall–Kier alpha value is -4.46. The second kappa shape index (κ2) is 8.15. The van der Waals surface area contributed by atoms with Crippen molar-refractivity contribution in [2.45, 2.75) is 12.3 Å². The normalized spacial score (nSPS) is 15.0. The number of hydrogen-bond acceptors (Lipinski definition) is 8. The quantitative estimate of drug-likeness (QED) is 0.342. The topological polar surface area (TPSA) is 115 Å². The van der Waals surface area contributed by atoms with Gasteiger partial charge in [-0.25, -0.2) is 0 Å². The summed E-state index contributed by atoms with van der Waals surface area (Å²) in [5, 5.41) is 20.6. The lowest BCUT2D eigenvalue weighted by atomic mass is 9.85. The number of hydrogen-bond donors (Lipinski definition) is 2. The molecule has 2 N–H and O–H groups in total. The summed E-state index contributed by atoms with van der Waals surface area (Å²) in [6.45, 7) is 0. The van der Waals surface area contributed by atoms with Crippen LogP contribution in [0.3, 0.4) is 0 Å². The van der Waals surface area contributed by atoms with Crippen LogP contribution in [0.2, 0.25) is 0 Å². The fourth-order valence-electron chi connectivity index (χ4n) is 4.36. The maximum absolute atomic E-state index is 13.5. The molecule has 0 saturated heterocycles. The molecule has 5 rings (SSSR count). The number of carbonyl (C=O) groups is 1. The van der Waals surface area contributed by atoms with E-state index in [2.05, 4.69) is 0 Å². The Balaban J connectivity index is 1.75. The molecule has 0 saturated carbocycles. The van der Waals surface area contributed by atoms with Crippen molar-refractivity contribution in [3.05, 3.63) is 76.1 Å². The lowest BCUT2D eigenvalue weighted by molar-refractivity contribution is -0.135. The minimum Gasteiger partial charge on any atom is -0.508 e. The SMILES string of the molecule is COc1ccc(-c2coc3c4c(cc(O)c3c2=O)OC(=O)CC4c2cccc(O)c2)cc1OC. The number of aromatic hydroxyl groups is 2. The zero-order valence-electron chi connectivity index (χ0n) is 18.3. The first kappa shape index (κ1) is 21.4. The largest absolute Gasteiger partial charge is 0.508 e. The number of fused-ring (bicyclic) bond motifs is 3. The van der Waals surface area contributed by atoms with E-state index in [0.717, 1.165) is 0 Å². The Morgan fingerprint density at radius 2 is 1.76 bits per heavy atom. The van der Waals surface area contributed by atoms with Crippen molar-refractivity contribution in [3.8, 4) is 39.9 Å². The third-order valence-corrected chi connectivity index (χ3v) is 5.94. The third kappa shape index (κ3) is 3.40. The van der Waals surface area contributed by atoms with Crippen molar-refractivity contribution in [2.24, 2.45) is 0 Å². The Morgan fingerprint density at radius 1 is 0.971 bits per heavy atom. The molecule has 4 aromatic rings. The predicted octanol–water partition coefficient (Wildman–Crippen LogP) is 4.33. The summed E-state index contributed by atoms with van der Waals surface area (Å²) in [6.07, 6.45) is 1.29. The summed E-state index contributed by atoms with van der Waals surface area (Å²) in [7, 11) is 3.00. The van der Waals surface area contributed by atoms with Gasteiger partial charge in [0.25, 0.3) is 0 Å². The van der Waals surface area contributed by atoms with Crippen molar-refractivity contribution in [1.29, 1.82) is 0 Å². The number of phenols is 2. The van der Waals surface area contributed by atoms with Crippen LogP contribution in [-0.4, -0.2) is 30.4 Å². The van der Waals surface area contributed by atoms with Gasteiger partial charge in [-0.2, -0.15) is 0 Å². The molecule has 172 valence electrons. The highest BCUT2D eigenvalue weighted by Gasteiger charge is 2.33. The Kier molecular flexibility index (Phi) is 5.13. The zero-order chi connectivity index (χ0) is 24.0. The molecule has 1 atom stereocenters. The smallest absolute Gasteiger partial charge is 0.312 e. The van der Waals surface area contributed by atoms with Crippen LogP contribution in [0.25, 0.3) is 22.1 Å². The molecule has 1 unspecified atom stereocenters. The maximum Gasteiger partial charge on any atom is 0.312 e. The van der Waals surface area contributed by atoms with Crippen molar-refractivity contribution in [2.75, 3.05) is 14.2 Å². The summed E-state index contributed by atoms with van der Waals surface area (Å²) < 4.78 is 21.9. The van der Waals surface area contributed by atoms with Gasteiger partial charge in [0.2, 0.25) is 5.43 Å². The van der Waals surface area contributed by atoms with Gasteiger partial charge in [-0.1, -0.05) is 18.2 Å². The number of rotatable bonds is 4. The van der Waals surface area contributed by atoms with E-state index in [9.17, 15) is 19.8 Å². The molecule has 0 aliphatic carbocycles. The Morgan fingerprint density at radius 3 is 2.50 bits per heavy atom. The van der Waals surface area contributed by atoms with Crippen LogP contribution < -0.4 is 19.6 Å². The van der Waals surface area contributed by atoms with Crippen molar-refractivity contribution >= 4 is 16.9 Å². The number of methoxy groups -OCH3 is 2. The van der Waals surface area contributed by atoms with Crippen LogP contribution in [0.1, 0.15) is 23.5 Å². The van der Waals surface area contributed by atoms with E-state index in [-0.39, 0.29) is 40.2 Å². The molecule has 34 heavy (non-hydrogen) atoms. The lowest BCUT2D eigenvalue weighted by Crippen LogP contribution is -2.22. The zero-order valence-corrected chi connectivity index (χ0v) is 18.3. The fourth-order valence-corrected chi connectivity index (χ4v) is 4.36. The number of benzene rings is 3. The van der Waals surface area contributed by atoms with E-state index < -0.39 is 17.3 Å². The first-order chi connectivity index (χ1) is 16.4. The molecule has 3 aromatic carbocycles. The first-order valence-electron chi connectivity index (χ1n) is 10.4. The minimum absolute atomic E-state index is 0.0164. The number of ether oxygens (including phenoxy) is 3. The standard InChI is InChI=1S/C26H20O8/c1-31-19-7-6-14(9-20(19)32-2)17-12-33-26-23-16(13-4-3-5-15(27)8-13)10-22(29)34-21(23)11-18(28)24(26)25(17)30/h3-9,11-12,16,27-28H,10H2,1-2H3. The molecular weight excluding hydrogens is 440 g/mol. The van der Waals surface area contributed by atoms with Gasteiger partial charge in [0.1, 0.15) is 34.5 Å². The van der Waals surface area contributed by atoms with E-state index in [4.69, 9.17) is 18.6 Å². The molecule has 0 fully saturated rings. The molecule has 0 radical (unpaired) electrons. The summed E-state index contributed by atoms with van der Waals surface area (Å²) in [4.78, 5) is 25.8. The highest BCUT2D eigenvalue weighted by atomic mass is 16.5. The molecule has 2 heterocycles. The first-order valence-corrected chi connectivity index (χ1v) is 10.4. The molecule has 0 amide bonds. The molecule has 8 heteroatoms. The van der Waals surface area contributed by atoms with Crippen molar-refractivity contribution in [1.82, 2.24) is 0 Å². The van der Waals surface area contributed by atoms with Crippen LogP contribution in [0.4, 0.5) is 0 Å². The third-order valence-electron chi connectivity index (χ3n) is 5.94. The van der Waals surface area contributed by atoms with Gasteiger partial charge in [0.05, 0.1) is 26.2 Å². The van der Waals surface area contributed by atoms with Gasteiger partial charge >= 0.3 is 5.97 Å². The molecule has 0 bridgehead atoms. The van der Waals surface area contributed by atoms with Crippen LogP contribution >= 0.6 is 0 Å². The number of carbonyl (C=O) groups excluding carboxylic acids is 1. The maximum atomic E-state index is 13.5. The minimum atomic E-state index is -0.540. The number of phenolic OH excluding ortho intramolecular Hbond substituents is 2. The average Bonchev–Trinajstić information content (AvgIpc) is 2.83.